The summed E-state index contributed by atoms with van der Waals surface area (Å²) in [5.41, 5.74) is 4.32. The van der Waals surface area contributed by atoms with Crippen molar-refractivity contribution in [2.75, 3.05) is 37.1 Å². The van der Waals surface area contributed by atoms with E-state index in [4.69, 9.17) is 18.9 Å². The van der Waals surface area contributed by atoms with Gasteiger partial charge in [0.1, 0.15) is 12.2 Å². The molecule has 226 valence electrons. The first-order valence-electron chi connectivity index (χ1n) is 13.6. The van der Waals surface area contributed by atoms with Crippen molar-refractivity contribution in [2.45, 2.75) is 27.2 Å². The fourth-order valence-electron chi connectivity index (χ4n) is 3.61. The average Bonchev–Trinajstić information content (AvgIpc) is 2.98. The predicted molar refractivity (Wildman–Crippen MR) is 161 cm³/mol. The van der Waals surface area contributed by atoms with Gasteiger partial charge in [-0.1, -0.05) is 0 Å². The molecule has 0 saturated heterocycles. The average molecular weight is 591 g/mol. The molecule has 12 nitrogen and oxygen atoms in total. The fourth-order valence-corrected chi connectivity index (χ4v) is 3.61. The smallest absolute Gasteiger partial charge is 0.338 e. The SMILES string of the molecule is CCOC(=O)c1ccc(NC(=O)COc2ccc(C=NNC(=O)CC(=O)Nc3ccc(OCC)cc3)cc2OCC)cc1. The number of esters is 1. The van der Waals surface area contributed by atoms with Gasteiger partial charge in [0.15, 0.2) is 18.1 Å². The second-order valence-electron chi connectivity index (χ2n) is 8.75. The van der Waals surface area contributed by atoms with E-state index in [1.165, 1.54) is 6.21 Å². The zero-order valence-electron chi connectivity index (χ0n) is 24.2. The molecule has 0 spiro atoms. The monoisotopic (exact) mass is 590 g/mol. The molecule has 0 radical (unpaired) electrons. The Balaban J connectivity index is 1.48. The standard InChI is InChI=1S/C31H34N4O8/c1-4-40-25-14-12-24(13-15-25)33-28(36)18-29(37)35-32-19-21-7-16-26(27(17-21)41-5-2)43-20-30(38)34-23-10-8-22(9-11-23)31(39)42-6-3/h7-17,19H,4-6,18,20H2,1-3H3,(H,33,36)(H,34,38)(H,35,37). The van der Waals surface area contributed by atoms with Crippen molar-refractivity contribution in [3.63, 3.8) is 0 Å². The van der Waals surface area contributed by atoms with Crippen LogP contribution in [0.5, 0.6) is 17.2 Å². The summed E-state index contributed by atoms with van der Waals surface area (Å²) in [6.45, 7) is 6.26. The highest BCUT2D eigenvalue weighted by Gasteiger charge is 2.12. The largest absolute Gasteiger partial charge is 0.494 e. The minimum Gasteiger partial charge on any atom is -0.494 e. The fraction of sp³-hybridized carbons (Fsp3) is 0.258. The first kappa shape index (κ1) is 32.1. The van der Waals surface area contributed by atoms with Gasteiger partial charge in [-0.25, -0.2) is 10.2 Å². The van der Waals surface area contributed by atoms with Gasteiger partial charge in [0.2, 0.25) is 11.8 Å². The number of anilines is 2. The van der Waals surface area contributed by atoms with E-state index in [9.17, 15) is 19.2 Å². The molecule has 0 unspecified atom stereocenters. The number of nitrogens with one attached hydrogen (secondary N) is 3. The van der Waals surface area contributed by atoms with Crippen LogP contribution in [-0.2, 0) is 19.1 Å². The zero-order valence-corrected chi connectivity index (χ0v) is 24.2. The van der Waals surface area contributed by atoms with E-state index in [0.29, 0.717) is 53.0 Å². The number of benzene rings is 3. The van der Waals surface area contributed by atoms with Crippen molar-refractivity contribution in [1.29, 1.82) is 0 Å². The van der Waals surface area contributed by atoms with Gasteiger partial charge in [-0.2, -0.15) is 5.10 Å². The van der Waals surface area contributed by atoms with Crippen LogP contribution in [0.1, 0.15) is 43.1 Å². The van der Waals surface area contributed by atoms with E-state index in [-0.39, 0.29) is 13.2 Å². The Morgan fingerprint density at radius 1 is 0.698 bits per heavy atom. The first-order chi connectivity index (χ1) is 20.8. The quantitative estimate of drug-likeness (QED) is 0.103. The number of rotatable bonds is 15. The molecule has 3 N–H and O–H groups in total. The number of nitrogens with zero attached hydrogens (tertiary/aromatic N) is 1. The Morgan fingerprint density at radius 2 is 1.35 bits per heavy atom. The third kappa shape index (κ3) is 10.8. The van der Waals surface area contributed by atoms with Gasteiger partial charge in [-0.3, -0.25) is 14.4 Å². The van der Waals surface area contributed by atoms with Gasteiger partial charge >= 0.3 is 5.97 Å². The number of ether oxygens (including phenoxy) is 4. The third-order valence-corrected chi connectivity index (χ3v) is 5.48. The molecular weight excluding hydrogens is 556 g/mol. The summed E-state index contributed by atoms with van der Waals surface area (Å²) in [7, 11) is 0. The number of hydrazone groups is 1. The van der Waals surface area contributed by atoms with Crippen LogP contribution in [0.25, 0.3) is 0 Å². The van der Waals surface area contributed by atoms with Gasteiger partial charge < -0.3 is 29.6 Å². The minimum atomic E-state index is -0.591. The highest BCUT2D eigenvalue weighted by atomic mass is 16.5. The highest BCUT2D eigenvalue weighted by Crippen LogP contribution is 2.28. The molecule has 0 heterocycles. The molecule has 0 bridgehead atoms. The maximum absolute atomic E-state index is 12.4. The summed E-state index contributed by atoms with van der Waals surface area (Å²) in [5.74, 6) is -0.541. The Bertz CT molecular complexity index is 1420. The van der Waals surface area contributed by atoms with E-state index >= 15 is 0 Å². The van der Waals surface area contributed by atoms with Crippen LogP contribution in [0.3, 0.4) is 0 Å². The van der Waals surface area contributed by atoms with Crippen LogP contribution in [0.4, 0.5) is 11.4 Å². The van der Waals surface area contributed by atoms with Gasteiger partial charge in [-0.05, 0) is 93.1 Å². The molecule has 0 aliphatic carbocycles. The second-order valence-corrected chi connectivity index (χ2v) is 8.75. The predicted octanol–water partition coefficient (Wildman–Crippen LogP) is 4.16. The van der Waals surface area contributed by atoms with Crippen LogP contribution in [0, 0.1) is 0 Å². The summed E-state index contributed by atoms with van der Waals surface area (Å²) in [4.78, 5) is 48.5. The number of hydrogen-bond donors (Lipinski definition) is 3. The van der Waals surface area contributed by atoms with E-state index < -0.39 is 30.1 Å². The van der Waals surface area contributed by atoms with Gasteiger partial charge in [0, 0.05) is 11.4 Å². The number of carbonyl (C=O) groups is 4. The molecule has 0 fully saturated rings. The molecule has 0 saturated carbocycles. The molecule has 12 heteroatoms. The molecule has 3 rings (SSSR count). The third-order valence-electron chi connectivity index (χ3n) is 5.48. The maximum Gasteiger partial charge on any atom is 0.338 e. The van der Waals surface area contributed by atoms with Crippen LogP contribution in [-0.4, -0.2) is 56.3 Å². The summed E-state index contributed by atoms with van der Waals surface area (Å²) >= 11 is 0. The highest BCUT2D eigenvalue weighted by molar-refractivity contribution is 6.03. The molecule has 3 aromatic carbocycles. The second kappa shape index (κ2) is 16.8. The van der Waals surface area contributed by atoms with Crippen molar-refractivity contribution >= 4 is 41.3 Å². The molecule has 3 amide bonds. The topological polar surface area (TPSA) is 154 Å². The number of carbonyl (C=O) groups excluding carboxylic acids is 4. The molecule has 0 aromatic heterocycles. The lowest BCUT2D eigenvalue weighted by Crippen LogP contribution is -2.24. The molecule has 3 aromatic rings. The summed E-state index contributed by atoms with van der Waals surface area (Å²) in [6, 6.07) is 18.0. The summed E-state index contributed by atoms with van der Waals surface area (Å²) < 4.78 is 21.6. The van der Waals surface area contributed by atoms with Gasteiger partial charge in [-0.15, -0.1) is 0 Å². The van der Waals surface area contributed by atoms with E-state index in [1.54, 1.807) is 80.6 Å². The molecule has 0 aliphatic rings. The first-order valence-corrected chi connectivity index (χ1v) is 13.6. The minimum absolute atomic E-state index is 0.273. The Kier molecular flexibility index (Phi) is 12.5. The number of hydrogen-bond acceptors (Lipinski definition) is 9. The van der Waals surface area contributed by atoms with Gasteiger partial charge in [0.25, 0.3) is 5.91 Å². The molecular formula is C31H34N4O8. The van der Waals surface area contributed by atoms with E-state index in [2.05, 4.69) is 21.2 Å². The van der Waals surface area contributed by atoms with E-state index in [1.807, 2.05) is 6.92 Å². The molecule has 0 aliphatic heterocycles. The van der Waals surface area contributed by atoms with E-state index in [0.717, 1.165) is 0 Å². The van der Waals surface area contributed by atoms with Crippen LogP contribution >= 0.6 is 0 Å². The molecule has 0 atom stereocenters. The Labute approximate surface area is 249 Å². The van der Waals surface area contributed by atoms with Crippen molar-refractivity contribution < 1.29 is 38.1 Å². The lowest BCUT2D eigenvalue weighted by Gasteiger charge is -2.13. The van der Waals surface area contributed by atoms with Crippen molar-refractivity contribution in [1.82, 2.24) is 5.43 Å². The lowest BCUT2D eigenvalue weighted by atomic mass is 10.2. The Morgan fingerprint density at radius 3 is 2.00 bits per heavy atom. The summed E-state index contributed by atoms with van der Waals surface area (Å²) in [6.07, 6.45) is 0.973. The van der Waals surface area contributed by atoms with Crippen molar-refractivity contribution in [3.8, 4) is 17.2 Å². The van der Waals surface area contributed by atoms with Gasteiger partial charge in [0.05, 0.1) is 31.6 Å². The zero-order chi connectivity index (χ0) is 31.0. The normalized spacial score (nSPS) is 10.5. The van der Waals surface area contributed by atoms with Crippen LogP contribution in [0.2, 0.25) is 0 Å². The van der Waals surface area contributed by atoms with Crippen LogP contribution in [0.15, 0.2) is 71.8 Å². The summed E-state index contributed by atoms with van der Waals surface area (Å²) in [5, 5.41) is 9.23. The van der Waals surface area contributed by atoms with Crippen molar-refractivity contribution in [3.05, 3.63) is 77.9 Å². The maximum atomic E-state index is 12.4. The Hall–Kier alpha value is -5.39. The van der Waals surface area contributed by atoms with Crippen molar-refractivity contribution in [2.24, 2.45) is 5.10 Å². The lowest BCUT2D eigenvalue weighted by molar-refractivity contribution is -0.126. The number of amides is 3. The molecule has 43 heavy (non-hydrogen) atoms. The van der Waals surface area contributed by atoms with Crippen LogP contribution < -0.4 is 30.3 Å².